The van der Waals surface area contributed by atoms with Crippen LogP contribution in [0.15, 0.2) is 47.9 Å². The van der Waals surface area contributed by atoms with Crippen LogP contribution in [0.5, 0.6) is 0 Å². The minimum atomic E-state index is -0.488. The summed E-state index contributed by atoms with van der Waals surface area (Å²) in [7, 11) is 0. The van der Waals surface area contributed by atoms with E-state index < -0.39 is 9.85 Å². The van der Waals surface area contributed by atoms with Gasteiger partial charge in [-0.05, 0) is 44.3 Å². The first-order valence-electron chi connectivity index (χ1n) is 9.34. The van der Waals surface area contributed by atoms with Crippen molar-refractivity contribution in [2.45, 2.75) is 71.1 Å². The summed E-state index contributed by atoms with van der Waals surface area (Å²) in [6, 6.07) is 0. The third kappa shape index (κ3) is 14.3. The van der Waals surface area contributed by atoms with Crippen molar-refractivity contribution < 1.29 is 14.6 Å². The molecule has 27 heavy (non-hydrogen) atoms. The van der Waals surface area contributed by atoms with Crippen molar-refractivity contribution in [2.24, 2.45) is 0 Å². The molecule has 149 valence electrons. The van der Waals surface area contributed by atoms with Gasteiger partial charge in [-0.25, -0.2) is 0 Å². The van der Waals surface area contributed by atoms with E-state index >= 15 is 0 Å². The van der Waals surface area contributed by atoms with E-state index in [-0.39, 0.29) is 17.8 Å². The smallest absolute Gasteiger partial charge is 0.246 e. The molecular formula is C20H29N2O5. The maximum absolute atomic E-state index is 11.1. The fourth-order valence-corrected chi connectivity index (χ4v) is 2.26. The van der Waals surface area contributed by atoms with Gasteiger partial charge in [0.1, 0.15) is 0 Å². The van der Waals surface area contributed by atoms with E-state index in [9.17, 15) is 25.0 Å². The second kappa shape index (κ2) is 16.9. The molecule has 0 spiro atoms. The van der Waals surface area contributed by atoms with Crippen molar-refractivity contribution in [1.29, 1.82) is 0 Å². The number of rotatable bonds is 16. The van der Waals surface area contributed by atoms with Gasteiger partial charge in [0.2, 0.25) is 11.4 Å². The van der Waals surface area contributed by atoms with Crippen molar-refractivity contribution >= 4 is 6.29 Å². The Labute approximate surface area is 160 Å². The minimum absolute atomic E-state index is 0.0323. The average molecular weight is 377 g/mol. The molecule has 0 amide bonds. The van der Waals surface area contributed by atoms with E-state index in [1.54, 1.807) is 0 Å². The molecule has 0 aliphatic rings. The molecule has 0 atom stereocenters. The zero-order valence-corrected chi connectivity index (χ0v) is 16.0. The van der Waals surface area contributed by atoms with Crippen LogP contribution < -0.4 is 0 Å². The SMILES string of the molecule is CCCCC/C(=C/C/C(=C/C/C=C/C/C=C/CCC[C]=O)[N+](=O)[O-])[N+](=O)[O-]. The molecule has 0 saturated carbocycles. The Morgan fingerprint density at radius 1 is 0.889 bits per heavy atom. The fraction of sp³-hybridized carbons (Fsp3) is 0.550. The molecule has 0 aromatic heterocycles. The summed E-state index contributed by atoms with van der Waals surface area (Å²) in [4.78, 5) is 31.2. The predicted octanol–water partition coefficient (Wildman–Crippen LogP) is 5.45. The Balaban J connectivity index is 4.49. The van der Waals surface area contributed by atoms with Crippen LogP contribution in [-0.4, -0.2) is 16.1 Å². The lowest BCUT2D eigenvalue weighted by Gasteiger charge is -1.99. The molecule has 0 saturated heterocycles. The monoisotopic (exact) mass is 377 g/mol. The Kier molecular flexibility index (Phi) is 15.3. The van der Waals surface area contributed by atoms with Gasteiger partial charge in [0.15, 0.2) is 6.29 Å². The number of carbonyl (C=O) groups excluding carboxylic acids is 1. The highest BCUT2D eigenvalue weighted by Gasteiger charge is 2.14. The molecule has 7 nitrogen and oxygen atoms in total. The third-order valence-corrected chi connectivity index (χ3v) is 3.80. The van der Waals surface area contributed by atoms with Gasteiger partial charge in [0, 0.05) is 12.8 Å². The van der Waals surface area contributed by atoms with Crippen molar-refractivity contribution in [3.63, 3.8) is 0 Å². The van der Waals surface area contributed by atoms with Crippen LogP contribution in [0, 0.1) is 20.2 Å². The Bertz CT molecular complexity index is 577. The van der Waals surface area contributed by atoms with Crippen molar-refractivity contribution in [3.05, 3.63) is 68.1 Å². The van der Waals surface area contributed by atoms with E-state index in [0.29, 0.717) is 25.7 Å². The largest absolute Gasteiger partial charge is 0.291 e. The van der Waals surface area contributed by atoms with Crippen molar-refractivity contribution in [1.82, 2.24) is 0 Å². The molecule has 0 aromatic rings. The zero-order valence-electron chi connectivity index (χ0n) is 16.0. The van der Waals surface area contributed by atoms with E-state index in [2.05, 4.69) is 0 Å². The first kappa shape index (κ1) is 24.4. The lowest BCUT2D eigenvalue weighted by atomic mass is 10.1. The normalized spacial score (nSPS) is 12.8. The van der Waals surface area contributed by atoms with Gasteiger partial charge in [0.25, 0.3) is 0 Å². The lowest BCUT2D eigenvalue weighted by Crippen LogP contribution is -2.02. The highest BCUT2D eigenvalue weighted by atomic mass is 16.6. The van der Waals surface area contributed by atoms with Gasteiger partial charge < -0.3 is 0 Å². The second-order valence-corrected chi connectivity index (χ2v) is 6.02. The Morgan fingerprint density at radius 3 is 2.19 bits per heavy atom. The van der Waals surface area contributed by atoms with Gasteiger partial charge >= 0.3 is 0 Å². The molecule has 0 unspecified atom stereocenters. The van der Waals surface area contributed by atoms with E-state index in [1.165, 1.54) is 12.2 Å². The summed E-state index contributed by atoms with van der Waals surface area (Å²) in [6.45, 7) is 2.01. The fourth-order valence-electron chi connectivity index (χ4n) is 2.26. The summed E-state index contributed by atoms with van der Waals surface area (Å²) < 4.78 is 0. The summed E-state index contributed by atoms with van der Waals surface area (Å²) in [5.41, 5.74) is 0.0132. The van der Waals surface area contributed by atoms with Crippen LogP contribution >= 0.6 is 0 Å². The number of hydrogen-bond donors (Lipinski definition) is 0. The third-order valence-electron chi connectivity index (χ3n) is 3.80. The Hall–Kier alpha value is -2.57. The van der Waals surface area contributed by atoms with E-state index in [4.69, 9.17) is 0 Å². The van der Waals surface area contributed by atoms with Gasteiger partial charge in [-0.1, -0.05) is 44.1 Å². The summed E-state index contributed by atoms with van der Waals surface area (Å²) in [6.07, 6.45) is 18.4. The first-order valence-corrected chi connectivity index (χ1v) is 9.34. The van der Waals surface area contributed by atoms with Crippen LogP contribution in [-0.2, 0) is 4.79 Å². The average Bonchev–Trinajstić information content (AvgIpc) is 2.63. The molecule has 7 heteroatoms. The van der Waals surface area contributed by atoms with Gasteiger partial charge in [-0.15, -0.1) is 0 Å². The van der Waals surface area contributed by atoms with Crippen molar-refractivity contribution in [2.75, 3.05) is 0 Å². The number of nitro groups is 2. The molecular weight excluding hydrogens is 348 g/mol. The maximum atomic E-state index is 11.1. The van der Waals surface area contributed by atoms with Crippen LogP contribution in [0.2, 0.25) is 0 Å². The Morgan fingerprint density at radius 2 is 1.56 bits per heavy atom. The number of allylic oxidation sites excluding steroid dienone is 7. The summed E-state index contributed by atoms with van der Waals surface area (Å²) >= 11 is 0. The quantitative estimate of drug-likeness (QED) is 0.154. The lowest BCUT2D eigenvalue weighted by molar-refractivity contribution is -0.432. The van der Waals surface area contributed by atoms with E-state index in [0.717, 1.165) is 32.1 Å². The van der Waals surface area contributed by atoms with Gasteiger partial charge in [0.05, 0.1) is 16.3 Å². The van der Waals surface area contributed by atoms with Crippen LogP contribution in [0.3, 0.4) is 0 Å². The molecule has 0 aromatic carbocycles. The topological polar surface area (TPSA) is 103 Å². The van der Waals surface area contributed by atoms with Crippen LogP contribution in [0.25, 0.3) is 0 Å². The molecule has 0 aliphatic carbocycles. The van der Waals surface area contributed by atoms with Gasteiger partial charge in [-0.2, -0.15) is 0 Å². The highest BCUT2D eigenvalue weighted by molar-refractivity contribution is 5.50. The highest BCUT2D eigenvalue weighted by Crippen LogP contribution is 2.14. The molecule has 0 aliphatic heterocycles. The molecule has 0 heterocycles. The minimum Gasteiger partial charge on any atom is -0.291 e. The molecule has 0 bridgehead atoms. The standard InChI is InChI=1S/C20H29N2O5/c1-2-3-11-14-19(21(24)25)16-17-20(22(26)27)15-12-9-7-5-4-6-8-10-13-18-23/h4,6-7,9,15-16H,2-3,5,8,10-14,17H2,1H3/b6-4+,9-7+,19-16-,20-15-. The predicted molar refractivity (Wildman–Crippen MR) is 106 cm³/mol. The van der Waals surface area contributed by atoms with Crippen LogP contribution in [0.4, 0.5) is 0 Å². The summed E-state index contributed by atoms with van der Waals surface area (Å²) in [5.74, 6) is 0. The zero-order chi connectivity index (χ0) is 20.3. The molecule has 0 rings (SSSR count). The van der Waals surface area contributed by atoms with E-state index in [1.807, 2.05) is 37.5 Å². The number of nitrogens with zero attached hydrogens (tertiary/aromatic N) is 2. The van der Waals surface area contributed by atoms with Crippen LogP contribution in [0.1, 0.15) is 71.1 Å². The number of hydrogen-bond acceptors (Lipinski definition) is 5. The first-order chi connectivity index (χ1) is 13.0. The number of unbranched alkanes of at least 4 members (excludes halogenated alkanes) is 4. The second-order valence-electron chi connectivity index (χ2n) is 6.02. The van der Waals surface area contributed by atoms with Crippen molar-refractivity contribution in [3.8, 4) is 0 Å². The molecule has 1 radical (unpaired) electrons. The molecule has 0 N–H and O–H groups in total. The maximum Gasteiger partial charge on any atom is 0.246 e. The summed E-state index contributed by atoms with van der Waals surface area (Å²) in [5, 5.41) is 22.1. The van der Waals surface area contributed by atoms with Gasteiger partial charge in [-0.3, -0.25) is 25.0 Å². The molecule has 0 fully saturated rings.